The standard InChI is InChI=1S/C24H30N2O7S/c1-23(2,3)33-21(27)24(13-15-25(16-14-24)22(28)29)26(34(30)31)19-9-5-17(6-10-19)18-7-11-20(32-4)12-8-18/h5-12H,13-16H2,1-4H3,(H,28,29)(H,30,31)/p-1. The van der Waals surface area contributed by atoms with Crippen LogP contribution in [-0.2, 0) is 20.8 Å². The Morgan fingerprint density at radius 2 is 1.53 bits per heavy atom. The molecule has 1 aliphatic rings. The first kappa shape index (κ1) is 25.5. The monoisotopic (exact) mass is 489 g/mol. The van der Waals surface area contributed by atoms with Crippen molar-refractivity contribution in [3.8, 4) is 16.9 Å². The van der Waals surface area contributed by atoms with Crippen molar-refractivity contribution in [1.29, 1.82) is 0 Å². The second-order valence-electron chi connectivity index (χ2n) is 9.09. The molecule has 0 aromatic heterocycles. The van der Waals surface area contributed by atoms with Crippen molar-refractivity contribution >= 4 is 29.0 Å². The van der Waals surface area contributed by atoms with Gasteiger partial charge in [0.25, 0.3) is 0 Å². The fourth-order valence-electron chi connectivity index (χ4n) is 3.98. The molecule has 2 aromatic rings. The van der Waals surface area contributed by atoms with Gasteiger partial charge in [0.2, 0.25) is 0 Å². The number of rotatable bonds is 6. The number of ether oxygens (including phenoxy) is 2. The molecule has 34 heavy (non-hydrogen) atoms. The van der Waals surface area contributed by atoms with Crippen LogP contribution in [0.4, 0.5) is 10.5 Å². The lowest BCUT2D eigenvalue weighted by molar-refractivity contribution is -0.163. The molecule has 1 heterocycles. The van der Waals surface area contributed by atoms with E-state index in [1.54, 1.807) is 52.1 Å². The normalized spacial score (nSPS) is 16.4. The SMILES string of the molecule is COc1ccc(-c2ccc(N(S(=O)[O-])C3(C(=O)OC(C)(C)C)CCN(C(=O)O)CC3)cc2)cc1. The van der Waals surface area contributed by atoms with Crippen molar-refractivity contribution in [1.82, 2.24) is 4.90 Å². The van der Waals surface area contributed by atoms with E-state index >= 15 is 0 Å². The van der Waals surface area contributed by atoms with Gasteiger partial charge in [0.1, 0.15) is 11.4 Å². The smallest absolute Gasteiger partial charge is 0.407 e. The molecule has 0 saturated carbocycles. The van der Waals surface area contributed by atoms with Gasteiger partial charge in [0.05, 0.1) is 7.11 Å². The molecule has 3 rings (SSSR count). The number of piperidine rings is 1. The van der Waals surface area contributed by atoms with Gasteiger partial charge in [-0.05, 0) is 56.2 Å². The van der Waals surface area contributed by atoms with Crippen LogP contribution in [0.5, 0.6) is 5.75 Å². The van der Waals surface area contributed by atoms with Gasteiger partial charge in [-0.25, -0.2) is 9.59 Å². The number of carbonyl (C=O) groups is 2. The molecule has 0 aliphatic carbocycles. The highest BCUT2D eigenvalue weighted by atomic mass is 32.2. The van der Waals surface area contributed by atoms with Crippen molar-refractivity contribution in [2.24, 2.45) is 0 Å². The van der Waals surface area contributed by atoms with Crippen LogP contribution >= 0.6 is 0 Å². The van der Waals surface area contributed by atoms with Crippen LogP contribution in [0.25, 0.3) is 11.1 Å². The Morgan fingerprint density at radius 3 is 1.94 bits per heavy atom. The second-order valence-corrected chi connectivity index (χ2v) is 9.89. The molecule has 1 fully saturated rings. The lowest BCUT2D eigenvalue weighted by Crippen LogP contribution is -2.62. The van der Waals surface area contributed by atoms with E-state index in [2.05, 4.69) is 0 Å². The van der Waals surface area contributed by atoms with Crippen LogP contribution in [0.1, 0.15) is 33.6 Å². The van der Waals surface area contributed by atoms with E-state index in [9.17, 15) is 23.5 Å². The summed E-state index contributed by atoms with van der Waals surface area (Å²) in [6.45, 7) is 5.12. The van der Waals surface area contributed by atoms with Gasteiger partial charge in [-0.15, -0.1) is 0 Å². The summed E-state index contributed by atoms with van der Waals surface area (Å²) >= 11 is -2.82. The number of benzene rings is 2. The predicted molar refractivity (Wildman–Crippen MR) is 127 cm³/mol. The Balaban J connectivity index is 1.99. The molecular weight excluding hydrogens is 460 g/mol. The number of hydrogen-bond donors (Lipinski definition) is 1. The molecular formula is C24H29N2O7S-. The summed E-state index contributed by atoms with van der Waals surface area (Å²) in [4.78, 5) is 26.0. The summed E-state index contributed by atoms with van der Waals surface area (Å²) in [6.07, 6.45) is -1.17. The van der Waals surface area contributed by atoms with E-state index in [1.807, 2.05) is 24.3 Å². The van der Waals surface area contributed by atoms with Crippen molar-refractivity contribution in [3.63, 3.8) is 0 Å². The number of carboxylic acid groups (broad SMARTS) is 1. The highest BCUT2D eigenvalue weighted by Gasteiger charge is 2.50. The molecule has 0 bridgehead atoms. The fraction of sp³-hybridized carbons (Fsp3) is 0.417. The summed E-state index contributed by atoms with van der Waals surface area (Å²) < 4.78 is 36.8. The van der Waals surface area contributed by atoms with E-state index in [4.69, 9.17) is 9.47 Å². The third-order valence-corrected chi connectivity index (χ3v) is 6.56. The van der Waals surface area contributed by atoms with Gasteiger partial charge < -0.3 is 24.0 Å². The first-order valence-electron chi connectivity index (χ1n) is 10.8. The fourth-order valence-corrected chi connectivity index (χ4v) is 4.82. The minimum atomic E-state index is -2.82. The van der Waals surface area contributed by atoms with Gasteiger partial charge in [0, 0.05) is 42.9 Å². The predicted octanol–water partition coefficient (Wildman–Crippen LogP) is 3.82. The molecule has 1 amide bonds. The molecule has 0 radical (unpaired) electrons. The summed E-state index contributed by atoms with van der Waals surface area (Å²) in [5.74, 6) is 0.0220. The number of anilines is 1. The Labute approximate surface area is 201 Å². The van der Waals surface area contributed by atoms with Crippen LogP contribution < -0.4 is 9.04 Å². The highest BCUT2D eigenvalue weighted by Crippen LogP contribution is 2.37. The Hall–Kier alpha value is -3.11. The molecule has 1 saturated heterocycles. The molecule has 184 valence electrons. The molecule has 1 unspecified atom stereocenters. The van der Waals surface area contributed by atoms with E-state index in [-0.39, 0.29) is 25.9 Å². The van der Waals surface area contributed by atoms with Crippen molar-refractivity contribution in [2.45, 2.75) is 44.8 Å². The Morgan fingerprint density at radius 1 is 1.03 bits per heavy atom. The van der Waals surface area contributed by atoms with Gasteiger partial charge in [-0.3, -0.25) is 8.51 Å². The average Bonchev–Trinajstić information content (AvgIpc) is 2.78. The molecule has 1 N–H and O–H groups in total. The maximum atomic E-state index is 13.4. The maximum absolute atomic E-state index is 13.4. The molecule has 1 aliphatic heterocycles. The number of nitrogens with zero attached hydrogens (tertiary/aromatic N) is 2. The first-order valence-corrected chi connectivity index (χ1v) is 11.9. The topological polar surface area (TPSA) is 119 Å². The Kier molecular flexibility index (Phi) is 7.52. The number of carbonyl (C=O) groups excluding carboxylic acids is 1. The zero-order chi connectivity index (χ0) is 25.1. The van der Waals surface area contributed by atoms with Gasteiger partial charge in [0.15, 0.2) is 5.54 Å². The summed E-state index contributed by atoms with van der Waals surface area (Å²) in [6, 6.07) is 14.2. The lowest BCUT2D eigenvalue weighted by Gasteiger charge is -2.48. The van der Waals surface area contributed by atoms with Crippen molar-refractivity contribution < 1.29 is 32.9 Å². The van der Waals surface area contributed by atoms with E-state index in [0.29, 0.717) is 5.69 Å². The minimum absolute atomic E-state index is 0.00616. The third-order valence-electron chi connectivity index (χ3n) is 5.70. The van der Waals surface area contributed by atoms with Gasteiger partial charge in [-0.2, -0.15) is 0 Å². The largest absolute Gasteiger partial charge is 0.755 e. The quantitative estimate of drug-likeness (QED) is 0.484. The molecule has 10 heteroatoms. The van der Waals surface area contributed by atoms with Crippen LogP contribution in [0.15, 0.2) is 48.5 Å². The average molecular weight is 490 g/mol. The van der Waals surface area contributed by atoms with E-state index in [0.717, 1.165) is 21.2 Å². The summed E-state index contributed by atoms with van der Waals surface area (Å²) in [7, 11) is 1.59. The number of amides is 1. The molecule has 9 nitrogen and oxygen atoms in total. The lowest BCUT2D eigenvalue weighted by atomic mass is 9.86. The molecule has 1 atom stereocenters. The number of hydrogen-bond acceptors (Lipinski definition) is 6. The van der Waals surface area contributed by atoms with Crippen molar-refractivity contribution in [2.75, 3.05) is 24.5 Å². The summed E-state index contributed by atoms with van der Waals surface area (Å²) in [5.41, 5.74) is -0.343. The highest BCUT2D eigenvalue weighted by molar-refractivity contribution is 7.80. The third kappa shape index (κ3) is 5.51. The molecule has 0 spiro atoms. The number of methoxy groups -OCH3 is 1. The van der Waals surface area contributed by atoms with Gasteiger partial charge >= 0.3 is 12.1 Å². The zero-order valence-corrected chi connectivity index (χ0v) is 20.5. The van der Waals surface area contributed by atoms with E-state index < -0.39 is 34.5 Å². The Bertz CT molecular complexity index is 1040. The zero-order valence-electron chi connectivity index (χ0n) is 19.6. The number of esters is 1. The van der Waals surface area contributed by atoms with Crippen LogP contribution in [0.2, 0.25) is 0 Å². The first-order chi connectivity index (χ1) is 16.0. The van der Waals surface area contributed by atoms with E-state index in [1.165, 1.54) is 4.90 Å². The van der Waals surface area contributed by atoms with Gasteiger partial charge in [-0.1, -0.05) is 24.3 Å². The van der Waals surface area contributed by atoms with Crippen LogP contribution in [0.3, 0.4) is 0 Å². The summed E-state index contributed by atoms with van der Waals surface area (Å²) in [5, 5.41) is 9.34. The molecule has 2 aromatic carbocycles. The maximum Gasteiger partial charge on any atom is 0.407 e. The van der Waals surface area contributed by atoms with Crippen LogP contribution in [0, 0.1) is 0 Å². The van der Waals surface area contributed by atoms with Crippen LogP contribution in [-0.4, -0.2) is 62.2 Å². The number of likely N-dealkylation sites (tertiary alicyclic amines) is 1. The van der Waals surface area contributed by atoms with Crippen molar-refractivity contribution in [3.05, 3.63) is 48.5 Å². The second kappa shape index (κ2) is 10.0. The minimum Gasteiger partial charge on any atom is -0.755 e.